The van der Waals surface area contributed by atoms with Gasteiger partial charge in [-0.3, -0.25) is 0 Å². The van der Waals surface area contributed by atoms with Crippen molar-refractivity contribution in [2.45, 2.75) is 20.8 Å². The van der Waals surface area contributed by atoms with Gasteiger partial charge in [0, 0.05) is 12.2 Å². The number of nitrogens with one attached hydrogen (secondary N) is 1. The molecule has 0 amide bonds. The Bertz CT molecular complexity index is 439. The number of aromatic carboxylic acids is 1. The summed E-state index contributed by atoms with van der Waals surface area (Å²) < 4.78 is 0. The Hall–Kier alpha value is -1.42. The third-order valence-corrected chi connectivity index (χ3v) is 2.44. The average Bonchev–Trinajstić information content (AvgIpc) is 2.13. The highest BCUT2D eigenvalue weighted by Crippen LogP contribution is 2.30. The summed E-state index contributed by atoms with van der Waals surface area (Å²) in [5.41, 5.74) is 6.46. The van der Waals surface area contributed by atoms with Crippen molar-refractivity contribution >= 4 is 28.9 Å². The number of carboxylic acid groups (broad SMARTS) is 1. The molecule has 0 aliphatic carbocycles. The van der Waals surface area contributed by atoms with Crippen LogP contribution in [0.5, 0.6) is 0 Å². The monoisotopic (exact) mass is 256 g/mol. The minimum absolute atomic E-state index is 0.0283. The van der Waals surface area contributed by atoms with E-state index in [-0.39, 0.29) is 11.0 Å². The molecule has 1 aromatic rings. The maximum atomic E-state index is 11.1. The largest absolute Gasteiger partial charge is 0.478 e. The van der Waals surface area contributed by atoms with Crippen LogP contribution in [0, 0.1) is 5.41 Å². The van der Waals surface area contributed by atoms with E-state index in [0.29, 0.717) is 22.9 Å². The molecule has 0 saturated heterocycles. The molecule has 0 aliphatic rings. The predicted molar refractivity (Wildman–Crippen MR) is 70.8 cm³/mol. The first-order chi connectivity index (χ1) is 7.70. The van der Waals surface area contributed by atoms with Gasteiger partial charge in [-0.2, -0.15) is 0 Å². The highest BCUT2D eigenvalue weighted by Gasteiger charge is 2.17. The number of halogens is 1. The molecule has 0 atom stereocenters. The Labute approximate surface area is 106 Å². The molecule has 5 heteroatoms. The molecule has 4 N–H and O–H groups in total. The number of nitrogens with two attached hydrogens (primary N) is 1. The Balaban J connectivity index is 3.09. The fourth-order valence-corrected chi connectivity index (χ4v) is 1.62. The van der Waals surface area contributed by atoms with E-state index in [9.17, 15) is 4.79 Å². The van der Waals surface area contributed by atoms with E-state index in [1.807, 2.05) is 20.8 Å². The van der Waals surface area contributed by atoms with Crippen molar-refractivity contribution in [2.24, 2.45) is 5.41 Å². The first-order valence-electron chi connectivity index (χ1n) is 5.27. The summed E-state index contributed by atoms with van der Waals surface area (Å²) in [4.78, 5) is 11.1. The molecular weight excluding hydrogens is 240 g/mol. The van der Waals surface area contributed by atoms with Crippen LogP contribution in [-0.2, 0) is 0 Å². The lowest BCUT2D eigenvalue weighted by Gasteiger charge is -2.21. The summed E-state index contributed by atoms with van der Waals surface area (Å²) >= 11 is 6.00. The standard InChI is InChI=1S/C12H17ClN2O2/c1-12(2,3)6-15-10-8(11(16)17)4-7(14)5-9(10)13/h4-5,15H,6,14H2,1-3H3,(H,16,17). The van der Waals surface area contributed by atoms with E-state index < -0.39 is 5.97 Å². The molecule has 17 heavy (non-hydrogen) atoms. The van der Waals surface area contributed by atoms with Gasteiger partial charge in [0.1, 0.15) is 0 Å². The van der Waals surface area contributed by atoms with Gasteiger partial charge in [-0.1, -0.05) is 32.4 Å². The molecule has 1 aromatic carbocycles. The minimum atomic E-state index is -1.05. The van der Waals surface area contributed by atoms with Crippen LogP contribution < -0.4 is 11.1 Å². The van der Waals surface area contributed by atoms with Crippen LogP contribution in [0.25, 0.3) is 0 Å². The van der Waals surface area contributed by atoms with E-state index in [0.717, 1.165) is 0 Å². The molecule has 0 spiro atoms. The van der Waals surface area contributed by atoms with E-state index in [1.165, 1.54) is 6.07 Å². The van der Waals surface area contributed by atoms with Crippen LogP contribution in [0.1, 0.15) is 31.1 Å². The minimum Gasteiger partial charge on any atom is -0.478 e. The van der Waals surface area contributed by atoms with Gasteiger partial charge in [-0.05, 0) is 17.5 Å². The van der Waals surface area contributed by atoms with Crippen LogP contribution in [-0.4, -0.2) is 17.6 Å². The van der Waals surface area contributed by atoms with Crippen LogP contribution >= 0.6 is 11.6 Å². The normalized spacial score (nSPS) is 11.3. The fraction of sp³-hybridized carbons (Fsp3) is 0.417. The summed E-state index contributed by atoms with van der Waals surface area (Å²) in [6, 6.07) is 2.94. The quantitative estimate of drug-likeness (QED) is 0.727. The highest BCUT2D eigenvalue weighted by atomic mass is 35.5. The van der Waals surface area contributed by atoms with E-state index in [4.69, 9.17) is 22.4 Å². The van der Waals surface area contributed by atoms with Crippen molar-refractivity contribution in [3.63, 3.8) is 0 Å². The zero-order valence-electron chi connectivity index (χ0n) is 10.2. The molecule has 0 saturated carbocycles. The molecule has 4 nitrogen and oxygen atoms in total. The van der Waals surface area contributed by atoms with Gasteiger partial charge in [0.05, 0.1) is 16.3 Å². The Morgan fingerprint density at radius 1 is 1.47 bits per heavy atom. The molecule has 94 valence electrons. The third kappa shape index (κ3) is 3.82. The molecule has 0 bridgehead atoms. The van der Waals surface area contributed by atoms with Crippen LogP contribution in [0.3, 0.4) is 0 Å². The van der Waals surface area contributed by atoms with Crippen molar-refractivity contribution in [2.75, 3.05) is 17.6 Å². The summed E-state index contributed by atoms with van der Waals surface area (Å²) in [5, 5.41) is 12.5. The molecular formula is C12H17ClN2O2. The lowest BCUT2D eigenvalue weighted by atomic mass is 9.96. The van der Waals surface area contributed by atoms with Crippen molar-refractivity contribution in [1.29, 1.82) is 0 Å². The predicted octanol–water partition coefficient (Wildman–Crippen LogP) is 3.08. The van der Waals surface area contributed by atoms with Gasteiger partial charge >= 0.3 is 5.97 Å². The van der Waals surface area contributed by atoms with Crippen LogP contribution in [0.4, 0.5) is 11.4 Å². The highest BCUT2D eigenvalue weighted by molar-refractivity contribution is 6.34. The van der Waals surface area contributed by atoms with Gasteiger partial charge in [0.15, 0.2) is 0 Å². The lowest BCUT2D eigenvalue weighted by Crippen LogP contribution is -2.20. The number of carbonyl (C=O) groups is 1. The molecule has 0 unspecified atom stereocenters. The Morgan fingerprint density at radius 2 is 2.06 bits per heavy atom. The number of hydrogen-bond donors (Lipinski definition) is 3. The third-order valence-electron chi connectivity index (χ3n) is 2.14. The molecule has 0 radical (unpaired) electrons. The second-order valence-corrected chi connectivity index (χ2v) is 5.55. The van der Waals surface area contributed by atoms with Gasteiger partial charge in [0.25, 0.3) is 0 Å². The molecule has 0 aromatic heterocycles. The number of hydrogen-bond acceptors (Lipinski definition) is 3. The number of benzene rings is 1. The van der Waals surface area contributed by atoms with Crippen molar-refractivity contribution < 1.29 is 9.90 Å². The SMILES string of the molecule is CC(C)(C)CNc1c(Cl)cc(N)cc1C(=O)O. The van der Waals surface area contributed by atoms with Gasteiger partial charge < -0.3 is 16.2 Å². The second-order valence-electron chi connectivity index (χ2n) is 5.14. The molecule has 0 fully saturated rings. The lowest BCUT2D eigenvalue weighted by molar-refractivity contribution is 0.0698. The molecule has 0 heterocycles. The Morgan fingerprint density at radius 3 is 2.53 bits per heavy atom. The van der Waals surface area contributed by atoms with E-state index in [2.05, 4.69) is 5.32 Å². The first kappa shape index (κ1) is 13.6. The number of carboxylic acids is 1. The fourth-order valence-electron chi connectivity index (χ4n) is 1.33. The summed E-state index contributed by atoms with van der Waals surface area (Å²) in [5.74, 6) is -1.05. The zero-order chi connectivity index (χ0) is 13.2. The first-order valence-corrected chi connectivity index (χ1v) is 5.65. The van der Waals surface area contributed by atoms with E-state index >= 15 is 0 Å². The summed E-state index contributed by atoms with van der Waals surface area (Å²) in [6.45, 7) is 6.76. The topological polar surface area (TPSA) is 75.3 Å². The van der Waals surface area contributed by atoms with Crippen molar-refractivity contribution in [3.05, 3.63) is 22.7 Å². The number of rotatable bonds is 3. The zero-order valence-corrected chi connectivity index (χ0v) is 10.9. The van der Waals surface area contributed by atoms with Gasteiger partial charge in [-0.25, -0.2) is 4.79 Å². The van der Waals surface area contributed by atoms with Crippen LogP contribution in [0.15, 0.2) is 12.1 Å². The van der Waals surface area contributed by atoms with Crippen LogP contribution in [0.2, 0.25) is 5.02 Å². The molecule has 1 rings (SSSR count). The second kappa shape index (κ2) is 4.84. The maximum Gasteiger partial charge on any atom is 0.337 e. The van der Waals surface area contributed by atoms with Crippen molar-refractivity contribution in [3.8, 4) is 0 Å². The molecule has 0 aliphatic heterocycles. The smallest absolute Gasteiger partial charge is 0.337 e. The van der Waals surface area contributed by atoms with Gasteiger partial charge in [-0.15, -0.1) is 0 Å². The summed E-state index contributed by atoms with van der Waals surface area (Å²) in [6.07, 6.45) is 0. The van der Waals surface area contributed by atoms with Gasteiger partial charge in [0.2, 0.25) is 0 Å². The average molecular weight is 257 g/mol. The Kier molecular flexibility index (Phi) is 3.88. The number of nitrogen functional groups attached to an aromatic ring is 1. The maximum absolute atomic E-state index is 11.1. The van der Waals surface area contributed by atoms with E-state index in [1.54, 1.807) is 6.07 Å². The van der Waals surface area contributed by atoms with Crippen molar-refractivity contribution in [1.82, 2.24) is 0 Å². The summed E-state index contributed by atoms with van der Waals surface area (Å²) in [7, 11) is 0. The number of anilines is 2.